The highest BCUT2D eigenvalue weighted by molar-refractivity contribution is 6.08. The highest BCUT2D eigenvalue weighted by Crippen LogP contribution is 2.22. The molecule has 2 aromatic carbocycles. The standard InChI is InChI=1S/C21H22N2O5/c1-4-27-21(26)28-16-11-9-15(10-12-16)20(25)23-18-8-6-5-7-17(18)22-19(24)13-14(2)3/h5-13H,4H2,1-3H3,(H,22,24)(H,23,25). The Balaban J connectivity index is 2.08. The number of ether oxygens (including phenoxy) is 2. The molecule has 0 fully saturated rings. The molecule has 2 rings (SSSR count). The number of allylic oxidation sites excluding steroid dienone is 1. The topological polar surface area (TPSA) is 93.7 Å². The maximum atomic E-state index is 12.5. The van der Waals surface area contributed by atoms with E-state index >= 15 is 0 Å². The molecule has 7 nitrogen and oxygen atoms in total. The van der Waals surface area contributed by atoms with Crippen LogP contribution >= 0.6 is 0 Å². The van der Waals surface area contributed by atoms with Gasteiger partial charge in [-0.05, 0) is 57.2 Å². The number of benzene rings is 2. The Labute approximate surface area is 163 Å². The summed E-state index contributed by atoms with van der Waals surface area (Å²) in [5, 5.41) is 5.50. The van der Waals surface area contributed by atoms with Gasteiger partial charge in [-0.25, -0.2) is 4.79 Å². The lowest BCUT2D eigenvalue weighted by atomic mass is 10.2. The van der Waals surface area contributed by atoms with E-state index in [1.54, 1.807) is 31.2 Å². The van der Waals surface area contributed by atoms with Crippen molar-refractivity contribution >= 4 is 29.3 Å². The van der Waals surface area contributed by atoms with Crippen molar-refractivity contribution in [3.63, 3.8) is 0 Å². The van der Waals surface area contributed by atoms with E-state index in [2.05, 4.69) is 10.6 Å². The van der Waals surface area contributed by atoms with Crippen molar-refractivity contribution in [1.29, 1.82) is 0 Å². The molecule has 28 heavy (non-hydrogen) atoms. The summed E-state index contributed by atoms with van der Waals surface area (Å²) in [5.74, 6) is -0.377. The zero-order valence-electron chi connectivity index (χ0n) is 15.9. The number of carbonyl (C=O) groups excluding carboxylic acids is 3. The molecule has 0 unspecified atom stereocenters. The number of para-hydroxylation sites is 2. The van der Waals surface area contributed by atoms with E-state index in [1.165, 1.54) is 30.3 Å². The number of carbonyl (C=O) groups is 3. The molecule has 0 aromatic heterocycles. The van der Waals surface area contributed by atoms with Gasteiger partial charge in [0.25, 0.3) is 5.91 Å². The van der Waals surface area contributed by atoms with Crippen LogP contribution in [-0.4, -0.2) is 24.6 Å². The first-order valence-corrected chi connectivity index (χ1v) is 8.70. The minimum absolute atomic E-state index is 0.211. The Bertz CT molecular complexity index is 884. The molecular weight excluding hydrogens is 360 g/mol. The summed E-state index contributed by atoms with van der Waals surface area (Å²) in [7, 11) is 0. The van der Waals surface area contributed by atoms with Gasteiger partial charge in [-0.15, -0.1) is 0 Å². The molecule has 0 radical (unpaired) electrons. The summed E-state index contributed by atoms with van der Waals surface area (Å²) in [4.78, 5) is 35.8. The molecule has 146 valence electrons. The van der Waals surface area contributed by atoms with Gasteiger partial charge in [0.2, 0.25) is 5.91 Å². The van der Waals surface area contributed by atoms with Gasteiger partial charge in [0.15, 0.2) is 0 Å². The predicted octanol–water partition coefficient (Wildman–Crippen LogP) is 4.38. The van der Waals surface area contributed by atoms with Gasteiger partial charge < -0.3 is 20.1 Å². The first-order chi connectivity index (χ1) is 13.4. The molecule has 0 spiro atoms. The normalized spacial score (nSPS) is 9.82. The number of nitrogens with one attached hydrogen (secondary N) is 2. The third-order valence-corrected chi connectivity index (χ3v) is 3.43. The monoisotopic (exact) mass is 382 g/mol. The highest BCUT2D eigenvalue weighted by Gasteiger charge is 2.11. The Morgan fingerprint density at radius 3 is 2.11 bits per heavy atom. The van der Waals surface area contributed by atoms with Crippen LogP contribution in [0.1, 0.15) is 31.1 Å². The largest absolute Gasteiger partial charge is 0.513 e. The smallest absolute Gasteiger partial charge is 0.434 e. The molecule has 7 heteroatoms. The zero-order valence-corrected chi connectivity index (χ0v) is 15.9. The Morgan fingerprint density at radius 2 is 1.54 bits per heavy atom. The first-order valence-electron chi connectivity index (χ1n) is 8.70. The van der Waals surface area contributed by atoms with Crippen LogP contribution in [0.25, 0.3) is 0 Å². The first kappa shape index (κ1) is 20.7. The quantitative estimate of drug-likeness (QED) is 0.439. The fourth-order valence-electron chi connectivity index (χ4n) is 2.24. The molecule has 0 aliphatic rings. The molecule has 2 amide bonds. The second kappa shape index (κ2) is 9.91. The van der Waals surface area contributed by atoms with E-state index in [1.807, 2.05) is 13.8 Å². The van der Waals surface area contributed by atoms with Crippen molar-refractivity contribution in [3.05, 3.63) is 65.7 Å². The molecule has 0 saturated carbocycles. The molecule has 0 bridgehead atoms. The van der Waals surface area contributed by atoms with Gasteiger partial charge in [-0.1, -0.05) is 17.7 Å². The van der Waals surface area contributed by atoms with Gasteiger partial charge >= 0.3 is 6.16 Å². The lowest BCUT2D eigenvalue weighted by molar-refractivity contribution is -0.111. The predicted molar refractivity (Wildman–Crippen MR) is 107 cm³/mol. The molecule has 0 atom stereocenters. The second-order valence-corrected chi connectivity index (χ2v) is 6.02. The third kappa shape index (κ3) is 6.28. The molecule has 2 aromatic rings. The average molecular weight is 382 g/mol. The molecule has 0 saturated heterocycles. The van der Waals surface area contributed by atoms with E-state index in [9.17, 15) is 14.4 Å². The van der Waals surface area contributed by atoms with Crippen molar-refractivity contribution in [2.75, 3.05) is 17.2 Å². The van der Waals surface area contributed by atoms with Gasteiger partial charge in [0.1, 0.15) is 5.75 Å². The van der Waals surface area contributed by atoms with E-state index in [-0.39, 0.29) is 24.2 Å². The summed E-state index contributed by atoms with van der Waals surface area (Å²) in [6.07, 6.45) is 0.668. The van der Waals surface area contributed by atoms with E-state index in [0.717, 1.165) is 5.57 Å². The van der Waals surface area contributed by atoms with Gasteiger partial charge in [0.05, 0.1) is 18.0 Å². The number of amides is 2. The lowest BCUT2D eigenvalue weighted by Crippen LogP contribution is -2.16. The van der Waals surface area contributed by atoms with Gasteiger partial charge in [0, 0.05) is 11.6 Å². The average Bonchev–Trinajstić information content (AvgIpc) is 2.63. The van der Waals surface area contributed by atoms with Crippen LogP contribution in [0.2, 0.25) is 0 Å². The number of hydrogen-bond donors (Lipinski definition) is 2. The minimum atomic E-state index is -0.805. The number of rotatable bonds is 6. The van der Waals surface area contributed by atoms with Crippen LogP contribution in [-0.2, 0) is 9.53 Å². The van der Waals surface area contributed by atoms with Crippen LogP contribution in [0, 0.1) is 0 Å². The molecule has 0 heterocycles. The van der Waals surface area contributed by atoms with Crippen molar-refractivity contribution in [2.45, 2.75) is 20.8 Å². The fourth-order valence-corrected chi connectivity index (χ4v) is 2.24. The van der Waals surface area contributed by atoms with Crippen molar-refractivity contribution in [3.8, 4) is 5.75 Å². The highest BCUT2D eigenvalue weighted by atomic mass is 16.7. The maximum absolute atomic E-state index is 12.5. The van der Waals surface area contributed by atoms with Crippen molar-refractivity contribution in [1.82, 2.24) is 0 Å². The van der Waals surface area contributed by atoms with Gasteiger partial charge in [-0.3, -0.25) is 9.59 Å². The number of anilines is 2. The Kier molecular flexibility index (Phi) is 7.33. The van der Waals surface area contributed by atoms with Crippen LogP contribution in [0.15, 0.2) is 60.2 Å². The summed E-state index contributed by atoms with van der Waals surface area (Å²) in [6.45, 7) is 5.53. The Hall–Kier alpha value is -3.61. The zero-order chi connectivity index (χ0) is 20.5. The summed E-state index contributed by atoms with van der Waals surface area (Å²) < 4.78 is 9.65. The summed E-state index contributed by atoms with van der Waals surface area (Å²) >= 11 is 0. The van der Waals surface area contributed by atoms with E-state index in [4.69, 9.17) is 9.47 Å². The van der Waals surface area contributed by atoms with Crippen LogP contribution < -0.4 is 15.4 Å². The van der Waals surface area contributed by atoms with Crippen molar-refractivity contribution < 1.29 is 23.9 Å². The molecule has 2 N–H and O–H groups in total. The van der Waals surface area contributed by atoms with Gasteiger partial charge in [-0.2, -0.15) is 0 Å². The SMILES string of the molecule is CCOC(=O)Oc1ccc(C(=O)Nc2ccccc2NC(=O)C=C(C)C)cc1. The number of hydrogen-bond acceptors (Lipinski definition) is 5. The lowest BCUT2D eigenvalue weighted by Gasteiger charge is -2.12. The third-order valence-electron chi connectivity index (χ3n) is 3.43. The van der Waals surface area contributed by atoms with Crippen LogP contribution in [0.3, 0.4) is 0 Å². The van der Waals surface area contributed by atoms with Crippen LogP contribution in [0.4, 0.5) is 16.2 Å². The Morgan fingerprint density at radius 1 is 0.929 bits per heavy atom. The maximum Gasteiger partial charge on any atom is 0.513 e. The second-order valence-electron chi connectivity index (χ2n) is 6.02. The van der Waals surface area contributed by atoms with E-state index in [0.29, 0.717) is 16.9 Å². The minimum Gasteiger partial charge on any atom is -0.434 e. The fraction of sp³-hybridized carbons (Fsp3) is 0.190. The van der Waals surface area contributed by atoms with E-state index < -0.39 is 6.16 Å². The molecular formula is C21H22N2O5. The molecule has 0 aliphatic carbocycles. The molecule has 0 aliphatic heterocycles. The summed E-state index contributed by atoms with van der Waals surface area (Å²) in [5.41, 5.74) is 2.18. The van der Waals surface area contributed by atoms with Crippen LogP contribution in [0.5, 0.6) is 5.75 Å². The van der Waals surface area contributed by atoms with Crippen molar-refractivity contribution in [2.24, 2.45) is 0 Å². The summed E-state index contributed by atoms with van der Waals surface area (Å²) in [6, 6.07) is 12.9.